The Morgan fingerprint density at radius 3 is 2.41 bits per heavy atom. The van der Waals surface area contributed by atoms with E-state index in [2.05, 4.69) is 32.9 Å². The van der Waals surface area contributed by atoms with E-state index in [9.17, 15) is 9.59 Å². The Morgan fingerprint density at radius 2 is 1.82 bits per heavy atom. The Labute approximate surface area is 132 Å². The highest BCUT2D eigenvalue weighted by atomic mass is 16.5. The van der Waals surface area contributed by atoms with Crippen molar-refractivity contribution in [2.45, 2.75) is 46.5 Å². The lowest BCUT2D eigenvalue weighted by Gasteiger charge is -2.20. The van der Waals surface area contributed by atoms with Crippen molar-refractivity contribution in [2.24, 2.45) is 0 Å². The van der Waals surface area contributed by atoms with Crippen molar-refractivity contribution in [3.8, 4) is 0 Å². The second-order valence-electron chi connectivity index (χ2n) is 5.75. The van der Waals surface area contributed by atoms with Crippen molar-refractivity contribution >= 4 is 11.8 Å². The summed E-state index contributed by atoms with van der Waals surface area (Å²) in [7, 11) is 0. The second kappa shape index (κ2) is 7.54. The highest BCUT2D eigenvalue weighted by Gasteiger charge is 2.24. The zero-order chi connectivity index (χ0) is 16.1. The van der Waals surface area contributed by atoms with Crippen LogP contribution in [0.2, 0.25) is 0 Å². The normalized spacial score (nSPS) is 15.8. The van der Waals surface area contributed by atoms with E-state index in [4.69, 9.17) is 4.74 Å². The number of hydrogen-bond acceptors (Lipinski definition) is 3. The Balaban J connectivity index is 2.25. The fourth-order valence-electron chi connectivity index (χ4n) is 3.02. The van der Waals surface area contributed by atoms with Crippen LogP contribution in [0.5, 0.6) is 0 Å². The molecule has 0 unspecified atom stereocenters. The van der Waals surface area contributed by atoms with Gasteiger partial charge in [0.1, 0.15) is 0 Å². The number of imide groups is 1. The predicted octanol–water partition coefficient (Wildman–Crippen LogP) is 2.44. The van der Waals surface area contributed by atoms with Gasteiger partial charge in [-0.3, -0.25) is 14.5 Å². The smallest absolute Gasteiger partial charge is 0.233 e. The Kier molecular flexibility index (Phi) is 5.72. The number of nitrogens with zero attached hydrogens (tertiary/aromatic N) is 1. The second-order valence-corrected chi connectivity index (χ2v) is 5.75. The molecule has 22 heavy (non-hydrogen) atoms. The first-order valence-corrected chi connectivity index (χ1v) is 8.09. The summed E-state index contributed by atoms with van der Waals surface area (Å²) in [5.41, 5.74) is 4.75. The van der Waals surface area contributed by atoms with Crippen LogP contribution < -0.4 is 0 Å². The lowest BCUT2D eigenvalue weighted by molar-refractivity contribution is -0.143. The summed E-state index contributed by atoms with van der Waals surface area (Å²) in [5, 5.41) is 0. The van der Waals surface area contributed by atoms with E-state index in [1.165, 1.54) is 21.6 Å². The van der Waals surface area contributed by atoms with Gasteiger partial charge in [0, 0.05) is 0 Å². The van der Waals surface area contributed by atoms with Gasteiger partial charge in [-0.2, -0.15) is 0 Å². The third kappa shape index (κ3) is 3.74. The molecule has 120 valence electrons. The van der Waals surface area contributed by atoms with Crippen LogP contribution in [0.15, 0.2) is 12.1 Å². The van der Waals surface area contributed by atoms with Crippen LogP contribution in [0.4, 0.5) is 0 Å². The lowest BCUT2D eigenvalue weighted by atomic mass is 9.92. The van der Waals surface area contributed by atoms with Gasteiger partial charge in [-0.05, 0) is 36.5 Å². The summed E-state index contributed by atoms with van der Waals surface area (Å²) in [5.74, 6) is -0.227. The standard InChI is InChI=1S/C18H25NO3/c1-4-14-10-13(3)11-15(5-2)16(14)12-18(21)19-7-9-22-8-6-17(19)20/h10-11H,4-9,12H2,1-3H3. The van der Waals surface area contributed by atoms with Crippen LogP contribution in [-0.4, -0.2) is 36.5 Å². The van der Waals surface area contributed by atoms with Crippen LogP contribution >= 0.6 is 0 Å². The van der Waals surface area contributed by atoms with Gasteiger partial charge in [0.05, 0.1) is 32.6 Å². The van der Waals surface area contributed by atoms with Crippen LogP contribution in [-0.2, 0) is 33.6 Å². The largest absolute Gasteiger partial charge is 0.379 e. The number of rotatable bonds is 4. The quantitative estimate of drug-likeness (QED) is 0.858. The van der Waals surface area contributed by atoms with E-state index in [0.717, 1.165) is 18.4 Å². The average Bonchev–Trinajstić information content (AvgIpc) is 2.72. The van der Waals surface area contributed by atoms with E-state index >= 15 is 0 Å². The lowest BCUT2D eigenvalue weighted by Crippen LogP contribution is -2.38. The van der Waals surface area contributed by atoms with E-state index in [1.54, 1.807) is 0 Å². The summed E-state index contributed by atoms with van der Waals surface area (Å²) in [4.78, 5) is 26.0. The molecule has 4 nitrogen and oxygen atoms in total. The summed E-state index contributed by atoms with van der Waals surface area (Å²) in [6.45, 7) is 7.51. The number of hydrogen-bond donors (Lipinski definition) is 0. The molecule has 1 aromatic carbocycles. The maximum absolute atomic E-state index is 12.6. The van der Waals surface area contributed by atoms with Crippen LogP contribution in [0.1, 0.15) is 42.5 Å². The van der Waals surface area contributed by atoms with Crippen molar-refractivity contribution in [2.75, 3.05) is 19.8 Å². The topological polar surface area (TPSA) is 46.6 Å². The average molecular weight is 303 g/mol. The zero-order valence-electron chi connectivity index (χ0n) is 13.8. The van der Waals surface area contributed by atoms with E-state index in [0.29, 0.717) is 32.6 Å². The number of benzene rings is 1. The predicted molar refractivity (Wildman–Crippen MR) is 85.8 cm³/mol. The molecule has 1 heterocycles. The number of carbonyl (C=O) groups excluding carboxylic acids is 2. The molecule has 0 aliphatic carbocycles. The Bertz CT molecular complexity index is 540. The molecule has 0 spiro atoms. The summed E-state index contributed by atoms with van der Waals surface area (Å²) < 4.78 is 5.29. The minimum atomic E-state index is -0.120. The highest BCUT2D eigenvalue weighted by Crippen LogP contribution is 2.21. The first kappa shape index (κ1) is 16.7. The molecule has 0 radical (unpaired) electrons. The molecular weight excluding hydrogens is 278 g/mol. The van der Waals surface area contributed by atoms with Gasteiger partial charge in [-0.1, -0.05) is 31.5 Å². The summed E-state index contributed by atoms with van der Waals surface area (Å²) >= 11 is 0. The first-order valence-electron chi connectivity index (χ1n) is 8.09. The molecule has 1 aromatic rings. The van der Waals surface area contributed by atoms with Gasteiger partial charge in [0.2, 0.25) is 11.8 Å². The summed E-state index contributed by atoms with van der Waals surface area (Å²) in [6.07, 6.45) is 2.39. The molecule has 2 rings (SSSR count). The minimum absolute atomic E-state index is 0.108. The number of aryl methyl sites for hydroxylation is 3. The highest BCUT2D eigenvalue weighted by molar-refractivity contribution is 5.96. The van der Waals surface area contributed by atoms with Crippen molar-refractivity contribution in [1.29, 1.82) is 0 Å². The first-order chi connectivity index (χ1) is 10.6. The number of ether oxygens (including phenoxy) is 1. The molecule has 4 heteroatoms. The third-order valence-electron chi connectivity index (χ3n) is 4.19. The monoisotopic (exact) mass is 303 g/mol. The third-order valence-corrected chi connectivity index (χ3v) is 4.19. The van der Waals surface area contributed by atoms with Gasteiger partial charge >= 0.3 is 0 Å². The molecule has 0 bridgehead atoms. The zero-order valence-corrected chi connectivity index (χ0v) is 13.8. The van der Waals surface area contributed by atoms with E-state index < -0.39 is 0 Å². The van der Waals surface area contributed by atoms with Crippen molar-refractivity contribution in [1.82, 2.24) is 4.90 Å². The van der Waals surface area contributed by atoms with Crippen molar-refractivity contribution in [3.63, 3.8) is 0 Å². The molecule has 0 saturated carbocycles. The maximum Gasteiger partial charge on any atom is 0.233 e. The fourth-order valence-corrected chi connectivity index (χ4v) is 3.02. The molecule has 0 N–H and O–H groups in total. The molecule has 2 amide bonds. The fraction of sp³-hybridized carbons (Fsp3) is 0.556. The van der Waals surface area contributed by atoms with Gasteiger partial charge in [0.15, 0.2) is 0 Å². The molecule has 1 aliphatic rings. The van der Waals surface area contributed by atoms with Crippen LogP contribution in [0.25, 0.3) is 0 Å². The van der Waals surface area contributed by atoms with Gasteiger partial charge in [-0.15, -0.1) is 0 Å². The molecule has 0 aromatic heterocycles. The van der Waals surface area contributed by atoms with Gasteiger partial charge < -0.3 is 4.74 Å². The molecular formula is C18H25NO3. The van der Waals surface area contributed by atoms with Gasteiger partial charge in [-0.25, -0.2) is 0 Å². The van der Waals surface area contributed by atoms with E-state index in [1.807, 2.05) is 0 Å². The Morgan fingerprint density at radius 1 is 1.18 bits per heavy atom. The number of carbonyl (C=O) groups is 2. The minimum Gasteiger partial charge on any atom is -0.379 e. The Hall–Kier alpha value is -1.68. The van der Waals surface area contributed by atoms with Gasteiger partial charge in [0.25, 0.3) is 0 Å². The van der Waals surface area contributed by atoms with Crippen LogP contribution in [0, 0.1) is 6.92 Å². The van der Waals surface area contributed by atoms with Crippen molar-refractivity contribution in [3.05, 3.63) is 34.4 Å². The van der Waals surface area contributed by atoms with Crippen LogP contribution in [0.3, 0.4) is 0 Å². The SMILES string of the molecule is CCc1cc(C)cc(CC)c1CC(=O)N1CCOCCC1=O. The molecule has 1 aliphatic heterocycles. The molecule has 1 saturated heterocycles. The van der Waals surface area contributed by atoms with E-state index in [-0.39, 0.29) is 11.8 Å². The molecule has 1 fully saturated rings. The van der Waals surface area contributed by atoms with Crippen molar-refractivity contribution < 1.29 is 14.3 Å². The maximum atomic E-state index is 12.6. The summed E-state index contributed by atoms with van der Waals surface area (Å²) in [6, 6.07) is 4.30. The molecule has 0 atom stereocenters. The number of amides is 2.